The molecule has 12 rings (SSSR count). The van der Waals surface area contributed by atoms with Crippen molar-refractivity contribution in [2.45, 2.75) is 111 Å². The van der Waals surface area contributed by atoms with Crippen LogP contribution in [0.25, 0.3) is 22.3 Å². The first kappa shape index (κ1) is 29.8. The Labute approximate surface area is 423 Å². The minimum absolute atomic E-state index is 0.0132. The van der Waals surface area contributed by atoms with Crippen LogP contribution in [-0.2, 0) is 10.8 Å². The molecule has 0 N–H and O–H groups in total. The Morgan fingerprint density at radius 3 is 1.57 bits per heavy atom. The Bertz CT molecular complexity index is 3450. The third-order valence-corrected chi connectivity index (χ3v) is 20.9. The second-order valence-electron chi connectivity index (χ2n) is 18.7. The van der Waals surface area contributed by atoms with Gasteiger partial charge in [0.15, 0.2) is 8.07 Å². The van der Waals surface area contributed by atoms with Crippen molar-refractivity contribution >= 4 is 40.6 Å². The smallest absolute Gasteiger partial charge is 0.179 e. The van der Waals surface area contributed by atoms with E-state index in [-0.39, 0.29) is 33.8 Å². The molecule has 8 aromatic rings. The summed E-state index contributed by atoms with van der Waals surface area (Å²) in [4.78, 5) is 1.05. The molecule has 2 aliphatic heterocycles. The summed E-state index contributed by atoms with van der Waals surface area (Å²) in [5.74, 6) is -1.84. The van der Waals surface area contributed by atoms with Crippen molar-refractivity contribution in [2.75, 3.05) is 0 Å². The van der Waals surface area contributed by atoms with Crippen molar-refractivity contribution in [1.82, 2.24) is 0 Å². The van der Waals surface area contributed by atoms with Gasteiger partial charge < -0.3 is 4.74 Å². The van der Waals surface area contributed by atoms with E-state index in [4.69, 9.17) is 21.2 Å². The van der Waals surface area contributed by atoms with Crippen molar-refractivity contribution < 1.29 is 23.9 Å². The van der Waals surface area contributed by atoms with Gasteiger partial charge in [0.25, 0.3) is 0 Å². The first-order chi connectivity index (χ1) is 38.4. The molecule has 0 bridgehead atoms. The van der Waals surface area contributed by atoms with Crippen LogP contribution in [0.3, 0.4) is 0 Å². The largest absolute Gasteiger partial charge is 0.456 e. The molecule has 0 amide bonds. The van der Waals surface area contributed by atoms with Crippen LogP contribution >= 0.6 is 11.8 Å². The van der Waals surface area contributed by atoms with Gasteiger partial charge in [0.1, 0.15) is 11.5 Å². The summed E-state index contributed by atoms with van der Waals surface area (Å²) in [7, 11) is -3.69. The topological polar surface area (TPSA) is 9.23 Å². The van der Waals surface area contributed by atoms with Crippen LogP contribution in [0.4, 0.5) is 0 Å². The van der Waals surface area contributed by atoms with E-state index < -0.39 is 58.1 Å². The highest BCUT2D eigenvalue weighted by atomic mass is 32.2. The molecule has 1 nitrogen and oxygen atoms in total. The molecular formula is C64H60OSSi. The number of fused-ring (bicyclic) bond motifs is 4. The van der Waals surface area contributed by atoms with Crippen molar-refractivity contribution in [3.8, 4) is 33.8 Å². The average Bonchev–Trinajstić information content (AvgIpc) is 3.71. The highest BCUT2D eigenvalue weighted by Gasteiger charge is 2.44. The normalized spacial score (nSPS) is 22.0. The zero-order valence-corrected chi connectivity index (χ0v) is 39.1. The highest BCUT2D eigenvalue weighted by molar-refractivity contribution is 7.99. The third kappa shape index (κ3) is 6.86. The molecule has 0 saturated heterocycles. The Balaban J connectivity index is 1.19. The molecule has 0 atom stereocenters. The van der Waals surface area contributed by atoms with Gasteiger partial charge in [-0.1, -0.05) is 235 Å². The van der Waals surface area contributed by atoms with E-state index in [1.54, 1.807) is 66.7 Å². The zero-order chi connectivity index (χ0) is 57.2. The summed E-state index contributed by atoms with van der Waals surface area (Å²) in [5.41, 5.74) is -0.466. The first-order valence-corrected chi connectivity index (χ1v) is 26.5. The fourth-order valence-electron chi connectivity index (χ4n) is 11.7. The standard InChI is InChI=1S/C64H60OSSi/c1-63(2)55-31-15-17-35-59(55)65-61-51(29-19-33-57(61)63)53-41-47(37-39-49(53)43-21-11-12-22-43)67(45-25-7-5-8-26-45,46-27-9-6-10-28-46)48-38-40-50(44-23-13-14-24-44)54(42-48)52-30-20-34-58-62(52)66-60-36-18-16-32-56(60)64(58,3)4/h5-10,15-20,25-44H,11-14,21-24H2,1-4H3/i1D3,2D3,3D3,4D3,43D,44D. The average molecular weight is 919 g/mol. The summed E-state index contributed by atoms with van der Waals surface area (Å²) in [6.45, 7) is -12.2. The van der Waals surface area contributed by atoms with Crippen molar-refractivity contribution in [2.24, 2.45) is 0 Å². The number of hydrogen-bond donors (Lipinski definition) is 0. The summed E-state index contributed by atoms with van der Waals surface area (Å²) in [6.07, 6.45) is 5.68. The molecule has 2 heterocycles. The van der Waals surface area contributed by atoms with Gasteiger partial charge in [-0.2, -0.15) is 0 Å². The maximum Gasteiger partial charge on any atom is 0.179 e. The predicted molar refractivity (Wildman–Crippen MR) is 285 cm³/mol. The lowest BCUT2D eigenvalue weighted by atomic mass is 9.74. The lowest BCUT2D eigenvalue weighted by Gasteiger charge is -2.38. The van der Waals surface area contributed by atoms with E-state index in [0.717, 1.165) is 52.0 Å². The zero-order valence-electron chi connectivity index (χ0n) is 51.3. The third-order valence-electron chi connectivity index (χ3n) is 14.9. The van der Waals surface area contributed by atoms with Crippen LogP contribution in [0.1, 0.15) is 143 Å². The van der Waals surface area contributed by atoms with Gasteiger partial charge in [-0.15, -0.1) is 0 Å². The molecule has 2 saturated carbocycles. The minimum atomic E-state index is -3.69. The van der Waals surface area contributed by atoms with Crippen LogP contribution in [0, 0.1) is 0 Å². The van der Waals surface area contributed by atoms with E-state index in [9.17, 15) is 2.74 Å². The molecule has 2 aliphatic carbocycles. The van der Waals surface area contributed by atoms with Crippen LogP contribution in [0.2, 0.25) is 0 Å². The van der Waals surface area contributed by atoms with E-state index in [0.29, 0.717) is 63.3 Å². The van der Waals surface area contributed by atoms with E-state index in [2.05, 4.69) is 54.6 Å². The quantitative estimate of drug-likeness (QED) is 0.111. The molecule has 8 aromatic carbocycles. The molecule has 332 valence electrons. The van der Waals surface area contributed by atoms with E-state index in [1.165, 1.54) is 17.8 Å². The maximum atomic E-state index is 10.3. The molecule has 67 heavy (non-hydrogen) atoms. The molecule has 2 fully saturated rings. The molecular weight excluding hydrogens is 845 g/mol. The predicted octanol–water partition coefficient (Wildman–Crippen LogP) is 14.9. The summed E-state index contributed by atoms with van der Waals surface area (Å²) in [5, 5.41) is 3.82. The Morgan fingerprint density at radius 1 is 0.463 bits per heavy atom. The van der Waals surface area contributed by atoms with Crippen molar-refractivity contribution in [3.05, 3.63) is 215 Å². The van der Waals surface area contributed by atoms with Crippen molar-refractivity contribution in [1.29, 1.82) is 0 Å². The van der Waals surface area contributed by atoms with Gasteiger partial charge in [0, 0.05) is 56.5 Å². The Kier molecular flexibility index (Phi) is 7.43. The molecule has 0 radical (unpaired) electrons. The number of benzene rings is 8. The second kappa shape index (κ2) is 16.7. The first-order valence-electron chi connectivity index (χ1n) is 30.7. The van der Waals surface area contributed by atoms with Crippen LogP contribution in [0.15, 0.2) is 192 Å². The summed E-state index contributed by atoms with van der Waals surface area (Å²) < 4.78 is 137. The van der Waals surface area contributed by atoms with Crippen LogP contribution in [-0.4, -0.2) is 8.07 Å². The van der Waals surface area contributed by atoms with Gasteiger partial charge in [0.2, 0.25) is 0 Å². The lowest BCUT2D eigenvalue weighted by Crippen LogP contribution is -2.74. The SMILES string of the molecule is [2H]C1(c2ccc([Si](c3ccccc3)(c3ccccc3)c3ccc(C4([2H])CCCC4)c(-c4cccc5c4Sc4ccccc4C5(C([2H])([2H])[2H])C([2H])([2H])[2H])c3)cc2-c2cccc3c2Oc2ccccc2C3(C([2H])([2H])[2H])C([2H])([2H])[2H])CCCC1. The van der Waals surface area contributed by atoms with E-state index >= 15 is 0 Å². The van der Waals surface area contributed by atoms with Crippen molar-refractivity contribution in [3.63, 3.8) is 0 Å². The second-order valence-corrected chi connectivity index (χ2v) is 23.5. The number of hydrogen-bond acceptors (Lipinski definition) is 2. The lowest BCUT2D eigenvalue weighted by molar-refractivity contribution is 0.419. The number of ether oxygens (including phenoxy) is 1. The minimum Gasteiger partial charge on any atom is -0.456 e. The Hall–Kier alpha value is -5.87. The summed E-state index contributed by atoms with van der Waals surface area (Å²) >= 11 is 1.36. The van der Waals surface area contributed by atoms with E-state index in [1.807, 2.05) is 54.6 Å². The van der Waals surface area contributed by atoms with Gasteiger partial charge in [-0.25, -0.2) is 0 Å². The number of rotatable bonds is 8. The number of para-hydroxylation sites is 2. The molecule has 4 aliphatic rings. The van der Waals surface area contributed by atoms with Gasteiger partial charge >= 0.3 is 0 Å². The van der Waals surface area contributed by atoms with Gasteiger partial charge in [-0.05, 0) is 109 Å². The molecule has 3 heteroatoms. The highest BCUT2D eigenvalue weighted by Crippen LogP contribution is 2.55. The fourth-order valence-corrected chi connectivity index (χ4v) is 17.8. The van der Waals surface area contributed by atoms with Gasteiger partial charge in [0.05, 0.1) is 0 Å². The summed E-state index contributed by atoms with van der Waals surface area (Å²) in [6, 6.07) is 57.2. The molecule has 0 unspecified atom stereocenters. The van der Waals surface area contributed by atoms with Crippen LogP contribution < -0.4 is 25.5 Å². The molecule has 0 spiro atoms. The van der Waals surface area contributed by atoms with Crippen LogP contribution in [0.5, 0.6) is 11.5 Å². The monoisotopic (exact) mass is 919 g/mol. The van der Waals surface area contributed by atoms with Gasteiger partial charge in [-0.3, -0.25) is 0 Å². The maximum absolute atomic E-state index is 10.3. The fraction of sp³-hybridized carbons (Fsp3) is 0.250. The molecule has 0 aromatic heterocycles. The Morgan fingerprint density at radius 2 is 0.955 bits per heavy atom.